The minimum atomic E-state index is -4.71. The monoisotopic (exact) mass is 397 g/mol. The van der Waals surface area contributed by atoms with Crippen molar-refractivity contribution in [2.24, 2.45) is 0 Å². The van der Waals surface area contributed by atoms with Crippen LogP contribution in [0.25, 0.3) is 22.3 Å². The van der Waals surface area contributed by atoms with Crippen molar-refractivity contribution in [2.75, 3.05) is 0 Å². The Balaban J connectivity index is 2.13. The second-order valence-corrected chi connectivity index (χ2v) is 6.94. The molecule has 1 aliphatic rings. The zero-order chi connectivity index (χ0) is 18.6. The number of alkyl halides is 3. The summed E-state index contributed by atoms with van der Waals surface area (Å²) in [7, 11) is 0. The second-order valence-electron chi connectivity index (χ2n) is 6.12. The Kier molecular flexibility index (Phi) is 3.92. The number of hydrogen-bond acceptors (Lipinski definition) is 3. The van der Waals surface area contributed by atoms with Gasteiger partial charge in [0.1, 0.15) is 5.65 Å². The molecule has 4 nitrogen and oxygen atoms in total. The van der Waals surface area contributed by atoms with Crippen molar-refractivity contribution in [3.63, 3.8) is 0 Å². The molecule has 0 atom stereocenters. The fraction of sp³-hybridized carbons (Fsp3) is 0.235. The molecule has 0 spiro atoms. The van der Waals surface area contributed by atoms with Crippen molar-refractivity contribution in [1.82, 2.24) is 14.5 Å². The molecule has 1 N–H and O–H groups in total. The summed E-state index contributed by atoms with van der Waals surface area (Å²) >= 11 is 11.0. The molecule has 9 heteroatoms. The van der Waals surface area contributed by atoms with Crippen LogP contribution in [0.5, 0.6) is 0 Å². The number of pyridine rings is 1. The van der Waals surface area contributed by atoms with E-state index in [2.05, 4.69) is 9.97 Å². The highest BCUT2D eigenvalue weighted by molar-refractivity contribution is 7.71. The van der Waals surface area contributed by atoms with E-state index in [0.717, 1.165) is 18.9 Å². The van der Waals surface area contributed by atoms with Gasteiger partial charge < -0.3 is 0 Å². The van der Waals surface area contributed by atoms with E-state index in [1.165, 1.54) is 4.57 Å². The van der Waals surface area contributed by atoms with Crippen LogP contribution in [-0.4, -0.2) is 14.5 Å². The Morgan fingerprint density at radius 1 is 1.23 bits per heavy atom. The van der Waals surface area contributed by atoms with Gasteiger partial charge in [-0.2, -0.15) is 13.2 Å². The molecule has 0 saturated heterocycles. The van der Waals surface area contributed by atoms with Gasteiger partial charge in [0, 0.05) is 16.6 Å². The maximum absolute atomic E-state index is 13.7. The first-order valence-corrected chi connectivity index (χ1v) is 8.57. The van der Waals surface area contributed by atoms with Crippen LogP contribution in [0.3, 0.4) is 0 Å². The summed E-state index contributed by atoms with van der Waals surface area (Å²) in [6.45, 7) is 0. The highest BCUT2D eigenvalue weighted by atomic mass is 35.5. The summed E-state index contributed by atoms with van der Waals surface area (Å²) in [6, 6.07) is 7.15. The number of hydrogen-bond donors (Lipinski definition) is 1. The van der Waals surface area contributed by atoms with E-state index in [0.29, 0.717) is 10.6 Å². The molecule has 134 valence electrons. The third kappa shape index (κ3) is 2.93. The van der Waals surface area contributed by atoms with E-state index >= 15 is 0 Å². The van der Waals surface area contributed by atoms with Crippen LogP contribution in [0.15, 0.2) is 35.1 Å². The first-order chi connectivity index (χ1) is 12.3. The smallest absolute Gasteiger partial charge is 0.299 e. The number of benzene rings is 1. The summed E-state index contributed by atoms with van der Waals surface area (Å²) in [5.41, 5.74) is -1.38. The highest BCUT2D eigenvalue weighted by Gasteiger charge is 2.36. The zero-order valence-electron chi connectivity index (χ0n) is 13.1. The quantitative estimate of drug-likeness (QED) is 0.610. The number of fused-ring (bicyclic) bond motifs is 1. The van der Waals surface area contributed by atoms with Gasteiger partial charge in [-0.15, -0.1) is 0 Å². The first kappa shape index (κ1) is 17.2. The van der Waals surface area contributed by atoms with Crippen molar-refractivity contribution in [1.29, 1.82) is 0 Å². The standard InChI is InChI=1S/C17H11ClF3N3OS/c18-9-3-1-8(2-4-9)12-7-11(17(19,20)21)13-14(22-12)24(10-5-6-10)16(26)23-15(13)25/h1-4,7,10H,5-6H2,(H,23,25,26). The van der Waals surface area contributed by atoms with E-state index in [1.807, 2.05) is 0 Å². The molecule has 3 aromatic rings. The summed E-state index contributed by atoms with van der Waals surface area (Å²) in [5.74, 6) is 0. The Morgan fingerprint density at radius 3 is 2.46 bits per heavy atom. The van der Waals surface area contributed by atoms with Gasteiger partial charge >= 0.3 is 6.18 Å². The summed E-state index contributed by atoms with van der Waals surface area (Å²) in [6.07, 6.45) is -3.15. The van der Waals surface area contributed by atoms with Crippen molar-refractivity contribution in [3.8, 4) is 11.3 Å². The van der Waals surface area contributed by atoms with Crippen molar-refractivity contribution >= 4 is 34.9 Å². The molecule has 26 heavy (non-hydrogen) atoms. The van der Waals surface area contributed by atoms with E-state index < -0.39 is 22.7 Å². The summed E-state index contributed by atoms with van der Waals surface area (Å²) in [4.78, 5) is 19.0. The van der Waals surface area contributed by atoms with Crippen LogP contribution in [0.4, 0.5) is 13.2 Å². The van der Waals surface area contributed by atoms with Crippen LogP contribution in [0.2, 0.25) is 5.02 Å². The van der Waals surface area contributed by atoms with Crippen molar-refractivity contribution < 1.29 is 13.2 Å². The maximum Gasteiger partial charge on any atom is 0.417 e. The van der Waals surface area contributed by atoms with Gasteiger partial charge in [-0.1, -0.05) is 23.7 Å². The lowest BCUT2D eigenvalue weighted by atomic mass is 10.1. The predicted octanol–water partition coefficient (Wildman–Crippen LogP) is 5.13. The van der Waals surface area contributed by atoms with E-state index in [4.69, 9.17) is 23.8 Å². The second kappa shape index (κ2) is 5.92. The zero-order valence-corrected chi connectivity index (χ0v) is 14.7. The SMILES string of the molecule is O=c1[nH]c(=S)n(C2CC2)c2nc(-c3ccc(Cl)cc3)cc(C(F)(F)F)c12. The minimum absolute atomic E-state index is 0.0407. The van der Waals surface area contributed by atoms with Crippen LogP contribution in [-0.2, 0) is 6.18 Å². The first-order valence-electron chi connectivity index (χ1n) is 7.78. The Labute approximate surface area is 155 Å². The number of aromatic amines is 1. The van der Waals surface area contributed by atoms with Gasteiger partial charge in [0.15, 0.2) is 4.77 Å². The third-order valence-electron chi connectivity index (χ3n) is 4.25. The molecule has 0 aliphatic heterocycles. The number of nitrogens with zero attached hydrogens (tertiary/aromatic N) is 2. The van der Waals surface area contributed by atoms with E-state index in [-0.39, 0.29) is 22.2 Å². The lowest BCUT2D eigenvalue weighted by Gasteiger charge is -2.15. The minimum Gasteiger partial charge on any atom is -0.299 e. The molecule has 0 bridgehead atoms. The average molecular weight is 398 g/mol. The van der Waals surface area contributed by atoms with Gasteiger partial charge in [-0.05, 0) is 43.3 Å². The van der Waals surface area contributed by atoms with Crippen LogP contribution < -0.4 is 5.56 Å². The normalized spacial score (nSPS) is 14.8. The van der Waals surface area contributed by atoms with Gasteiger partial charge in [-0.3, -0.25) is 14.3 Å². The molecule has 1 aliphatic carbocycles. The highest BCUT2D eigenvalue weighted by Crippen LogP contribution is 2.40. The van der Waals surface area contributed by atoms with Gasteiger partial charge in [0.2, 0.25) is 0 Å². The molecule has 2 heterocycles. The van der Waals surface area contributed by atoms with Crippen molar-refractivity contribution in [2.45, 2.75) is 25.1 Å². The molecule has 0 unspecified atom stereocenters. The molecule has 0 radical (unpaired) electrons. The van der Waals surface area contributed by atoms with E-state index in [1.54, 1.807) is 24.3 Å². The summed E-state index contributed by atoms with van der Waals surface area (Å²) < 4.78 is 42.6. The van der Waals surface area contributed by atoms with E-state index in [9.17, 15) is 18.0 Å². The molecular weight excluding hydrogens is 387 g/mol. The molecule has 1 aromatic carbocycles. The fourth-order valence-electron chi connectivity index (χ4n) is 2.91. The number of halogens is 4. The fourth-order valence-corrected chi connectivity index (χ4v) is 3.36. The number of nitrogens with one attached hydrogen (secondary N) is 1. The van der Waals surface area contributed by atoms with Crippen molar-refractivity contribution in [3.05, 3.63) is 56.0 Å². The molecule has 1 saturated carbocycles. The topological polar surface area (TPSA) is 50.7 Å². The maximum atomic E-state index is 13.7. The lowest BCUT2D eigenvalue weighted by Crippen LogP contribution is -2.20. The Bertz CT molecular complexity index is 1130. The van der Waals surface area contributed by atoms with Crippen LogP contribution in [0.1, 0.15) is 24.4 Å². The lowest BCUT2D eigenvalue weighted by molar-refractivity contribution is -0.136. The Hall–Kier alpha value is -2.19. The predicted molar refractivity (Wildman–Crippen MR) is 94.9 cm³/mol. The van der Waals surface area contributed by atoms with Gasteiger partial charge in [-0.25, -0.2) is 4.98 Å². The average Bonchev–Trinajstić information content (AvgIpc) is 3.38. The summed E-state index contributed by atoms with van der Waals surface area (Å²) in [5, 5.41) is -0.0290. The number of H-pyrrole nitrogens is 1. The van der Waals surface area contributed by atoms with Crippen LogP contribution >= 0.6 is 23.8 Å². The third-order valence-corrected chi connectivity index (χ3v) is 4.80. The molecule has 0 amide bonds. The van der Waals surface area contributed by atoms with Gasteiger partial charge in [0.05, 0.1) is 16.6 Å². The molecule has 4 rings (SSSR count). The number of aromatic nitrogens is 3. The number of rotatable bonds is 2. The molecule has 2 aromatic heterocycles. The molecular formula is C17H11ClF3N3OS. The largest absolute Gasteiger partial charge is 0.417 e. The van der Waals surface area contributed by atoms with Gasteiger partial charge in [0.25, 0.3) is 5.56 Å². The molecule has 1 fully saturated rings. The Morgan fingerprint density at radius 2 is 1.88 bits per heavy atom. The van der Waals surface area contributed by atoms with Crippen LogP contribution in [0, 0.1) is 4.77 Å².